The Balaban J connectivity index is 1.83. The summed E-state index contributed by atoms with van der Waals surface area (Å²) >= 11 is 0. The molecule has 2 aromatic rings. The fourth-order valence-electron chi connectivity index (χ4n) is 3.01. The minimum atomic E-state index is -4.55. The Bertz CT molecular complexity index is 860. The predicted molar refractivity (Wildman–Crippen MR) is 93.7 cm³/mol. The number of hydrogen-bond acceptors (Lipinski definition) is 2. The average Bonchev–Trinajstić information content (AvgIpc) is 2.86. The van der Waals surface area contributed by atoms with Crippen molar-refractivity contribution in [1.82, 2.24) is 0 Å². The van der Waals surface area contributed by atoms with Crippen LogP contribution in [0.2, 0.25) is 0 Å². The smallest absolute Gasteiger partial charge is 0.418 e. The number of halogens is 3. The quantitative estimate of drug-likeness (QED) is 0.752. The molecule has 138 valence electrons. The molecule has 0 spiro atoms. The minimum absolute atomic E-state index is 0.303. The van der Waals surface area contributed by atoms with Gasteiger partial charge in [0.2, 0.25) is 0 Å². The Kier molecular flexibility index (Phi) is 4.34. The topological polar surface area (TPSA) is 50.4 Å². The molecule has 0 fully saturated rings. The summed E-state index contributed by atoms with van der Waals surface area (Å²) < 4.78 is 45.0. The van der Waals surface area contributed by atoms with Crippen LogP contribution < -0.4 is 15.4 Å². The van der Waals surface area contributed by atoms with Gasteiger partial charge in [0.15, 0.2) is 0 Å². The number of ether oxygens (including phenoxy) is 1. The third kappa shape index (κ3) is 3.61. The van der Waals surface area contributed by atoms with Crippen molar-refractivity contribution in [3.63, 3.8) is 0 Å². The zero-order valence-corrected chi connectivity index (χ0v) is 14.6. The second-order valence-corrected chi connectivity index (χ2v) is 6.90. The third-order valence-corrected chi connectivity index (χ3v) is 4.20. The van der Waals surface area contributed by atoms with Crippen LogP contribution >= 0.6 is 0 Å². The van der Waals surface area contributed by atoms with Crippen LogP contribution in [0.4, 0.5) is 29.3 Å². The maximum atomic E-state index is 13.0. The Morgan fingerprint density at radius 1 is 1.08 bits per heavy atom. The molecule has 2 aromatic carbocycles. The first-order chi connectivity index (χ1) is 12.1. The van der Waals surface area contributed by atoms with Crippen molar-refractivity contribution in [2.75, 3.05) is 10.6 Å². The number of nitrogens with one attached hydrogen (secondary N) is 2. The first-order valence-corrected chi connectivity index (χ1v) is 8.12. The molecule has 0 atom stereocenters. The molecular formula is C19H19F3N2O2. The number of carbonyl (C=O) groups excluding carboxylic acids is 1. The number of anilines is 2. The number of carbonyl (C=O) groups is 1. The van der Waals surface area contributed by atoms with Crippen LogP contribution in [0.3, 0.4) is 0 Å². The molecule has 4 nitrogen and oxygen atoms in total. The van der Waals surface area contributed by atoms with Gasteiger partial charge in [-0.05, 0) is 44.5 Å². The molecule has 1 aliphatic heterocycles. The molecular weight excluding hydrogens is 345 g/mol. The van der Waals surface area contributed by atoms with Gasteiger partial charge < -0.3 is 15.4 Å². The van der Waals surface area contributed by atoms with E-state index in [0.29, 0.717) is 17.9 Å². The molecule has 0 aromatic heterocycles. The first kappa shape index (κ1) is 18.1. The van der Waals surface area contributed by atoms with Gasteiger partial charge >= 0.3 is 12.2 Å². The van der Waals surface area contributed by atoms with Crippen LogP contribution in [-0.2, 0) is 12.6 Å². The lowest BCUT2D eigenvalue weighted by Crippen LogP contribution is -2.25. The second-order valence-electron chi connectivity index (χ2n) is 6.90. The molecule has 0 unspecified atom stereocenters. The number of hydrogen-bond donors (Lipinski definition) is 2. The lowest BCUT2D eigenvalue weighted by molar-refractivity contribution is -0.136. The molecule has 26 heavy (non-hydrogen) atoms. The van der Waals surface area contributed by atoms with Crippen molar-refractivity contribution in [3.05, 3.63) is 53.1 Å². The standard InChI is InChI=1S/C19H19F3N2O2/c1-11-8-9-15(16-12(11)10-18(2,3)26-16)24-17(25)23-14-7-5-4-6-13(14)19(20,21)22/h4-9H,10H2,1-3H3,(H2,23,24,25). The Morgan fingerprint density at radius 2 is 1.73 bits per heavy atom. The summed E-state index contributed by atoms with van der Waals surface area (Å²) in [4.78, 5) is 12.3. The summed E-state index contributed by atoms with van der Waals surface area (Å²) in [7, 11) is 0. The highest BCUT2D eigenvalue weighted by molar-refractivity contribution is 6.01. The highest BCUT2D eigenvalue weighted by Gasteiger charge is 2.35. The van der Waals surface area contributed by atoms with Gasteiger partial charge in [-0.1, -0.05) is 18.2 Å². The largest absolute Gasteiger partial charge is 0.485 e. The van der Waals surface area contributed by atoms with E-state index in [0.717, 1.165) is 17.2 Å². The van der Waals surface area contributed by atoms with Crippen LogP contribution in [0.5, 0.6) is 5.75 Å². The van der Waals surface area contributed by atoms with E-state index in [1.165, 1.54) is 18.2 Å². The van der Waals surface area contributed by atoms with E-state index in [1.54, 1.807) is 6.07 Å². The maximum absolute atomic E-state index is 13.0. The van der Waals surface area contributed by atoms with Gasteiger partial charge in [-0.15, -0.1) is 0 Å². The van der Waals surface area contributed by atoms with E-state index >= 15 is 0 Å². The number of benzene rings is 2. The highest BCUT2D eigenvalue weighted by atomic mass is 19.4. The lowest BCUT2D eigenvalue weighted by Gasteiger charge is -2.19. The van der Waals surface area contributed by atoms with E-state index in [2.05, 4.69) is 10.6 Å². The van der Waals surface area contributed by atoms with Gasteiger partial charge in [-0.2, -0.15) is 13.2 Å². The number of aryl methyl sites for hydroxylation is 1. The minimum Gasteiger partial charge on any atom is -0.485 e. The molecule has 0 bridgehead atoms. The van der Waals surface area contributed by atoms with E-state index in [-0.39, 0.29) is 5.69 Å². The zero-order chi connectivity index (χ0) is 19.1. The number of para-hydroxylation sites is 1. The van der Waals surface area contributed by atoms with Crippen LogP contribution in [0.1, 0.15) is 30.5 Å². The Labute approximate surface area is 149 Å². The van der Waals surface area contributed by atoms with Crippen molar-refractivity contribution >= 4 is 17.4 Å². The number of fused-ring (bicyclic) bond motifs is 1. The fraction of sp³-hybridized carbons (Fsp3) is 0.316. The number of rotatable bonds is 2. The molecule has 1 heterocycles. The Hall–Kier alpha value is -2.70. The van der Waals surface area contributed by atoms with Crippen LogP contribution in [0.15, 0.2) is 36.4 Å². The lowest BCUT2D eigenvalue weighted by atomic mass is 9.98. The molecule has 7 heteroatoms. The van der Waals surface area contributed by atoms with Gasteiger partial charge in [-0.25, -0.2) is 4.79 Å². The van der Waals surface area contributed by atoms with E-state index in [9.17, 15) is 18.0 Å². The van der Waals surface area contributed by atoms with Crippen molar-refractivity contribution in [2.45, 2.75) is 39.0 Å². The maximum Gasteiger partial charge on any atom is 0.418 e. The van der Waals surface area contributed by atoms with Crippen molar-refractivity contribution in [3.8, 4) is 5.75 Å². The van der Waals surface area contributed by atoms with Gasteiger partial charge in [-0.3, -0.25) is 0 Å². The van der Waals surface area contributed by atoms with Gasteiger partial charge in [0.25, 0.3) is 0 Å². The van der Waals surface area contributed by atoms with Crippen molar-refractivity contribution in [2.24, 2.45) is 0 Å². The van der Waals surface area contributed by atoms with Gasteiger partial charge in [0, 0.05) is 12.0 Å². The number of alkyl halides is 3. The molecule has 0 saturated heterocycles. The third-order valence-electron chi connectivity index (χ3n) is 4.20. The highest BCUT2D eigenvalue weighted by Crippen LogP contribution is 2.42. The van der Waals surface area contributed by atoms with Crippen LogP contribution in [0, 0.1) is 6.92 Å². The van der Waals surface area contributed by atoms with Crippen molar-refractivity contribution < 1.29 is 22.7 Å². The Morgan fingerprint density at radius 3 is 2.42 bits per heavy atom. The van der Waals surface area contributed by atoms with Gasteiger partial charge in [0.1, 0.15) is 11.4 Å². The SMILES string of the molecule is Cc1ccc(NC(=O)Nc2ccccc2C(F)(F)F)c2c1CC(C)(C)O2. The normalized spacial score (nSPS) is 15.2. The van der Waals surface area contributed by atoms with E-state index in [4.69, 9.17) is 4.74 Å². The second kappa shape index (κ2) is 6.23. The molecule has 2 amide bonds. The predicted octanol–water partition coefficient (Wildman–Crippen LogP) is 5.37. The van der Waals surface area contributed by atoms with Crippen LogP contribution in [-0.4, -0.2) is 11.6 Å². The summed E-state index contributed by atoms with van der Waals surface area (Å²) in [6.07, 6.45) is -3.86. The molecule has 3 rings (SSSR count). The average molecular weight is 364 g/mol. The summed E-state index contributed by atoms with van der Waals surface area (Å²) in [5.41, 5.74) is 0.856. The monoisotopic (exact) mass is 364 g/mol. The van der Waals surface area contributed by atoms with Crippen molar-refractivity contribution in [1.29, 1.82) is 0 Å². The number of amides is 2. The zero-order valence-electron chi connectivity index (χ0n) is 14.6. The molecule has 1 aliphatic rings. The summed E-state index contributed by atoms with van der Waals surface area (Å²) in [6, 6.07) is 7.61. The van der Waals surface area contributed by atoms with E-state index in [1.807, 2.05) is 26.8 Å². The van der Waals surface area contributed by atoms with Gasteiger partial charge in [0.05, 0.1) is 16.9 Å². The molecule has 0 saturated carbocycles. The first-order valence-electron chi connectivity index (χ1n) is 8.12. The van der Waals surface area contributed by atoms with E-state index < -0.39 is 23.4 Å². The van der Waals surface area contributed by atoms with Crippen LogP contribution in [0.25, 0.3) is 0 Å². The summed E-state index contributed by atoms with van der Waals surface area (Å²) in [5.74, 6) is 0.564. The molecule has 2 N–H and O–H groups in total. The summed E-state index contributed by atoms with van der Waals surface area (Å²) in [6.45, 7) is 5.83. The number of urea groups is 1. The molecule has 0 radical (unpaired) electrons. The molecule has 0 aliphatic carbocycles. The fourth-order valence-corrected chi connectivity index (χ4v) is 3.01. The summed E-state index contributed by atoms with van der Waals surface area (Å²) in [5, 5.41) is 4.86.